The van der Waals surface area contributed by atoms with E-state index in [0.717, 1.165) is 32.1 Å². The molecule has 0 aromatic heterocycles. The fourth-order valence-corrected chi connectivity index (χ4v) is 2.76. The van der Waals surface area contributed by atoms with Gasteiger partial charge in [0, 0.05) is 6.54 Å². The number of amides is 1. The number of benzene rings is 1. The van der Waals surface area contributed by atoms with Crippen molar-refractivity contribution in [2.75, 3.05) is 19.8 Å². The predicted octanol–water partition coefficient (Wildman–Crippen LogP) is 2.06. The summed E-state index contributed by atoms with van der Waals surface area (Å²) in [6.07, 6.45) is 5.09. The van der Waals surface area contributed by atoms with Crippen LogP contribution < -0.4 is 11.1 Å². The van der Waals surface area contributed by atoms with Crippen LogP contribution in [0.15, 0.2) is 30.3 Å². The lowest BCUT2D eigenvalue weighted by Gasteiger charge is -2.28. The van der Waals surface area contributed by atoms with Crippen molar-refractivity contribution in [2.24, 2.45) is 5.73 Å². The minimum absolute atomic E-state index is 0. The third kappa shape index (κ3) is 5.65. The number of hydrogen-bond donors (Lipinski definition) is 2. The third-order valence-corrected chi connectivity index (χ3v) is 3.97. The molecule has 0 radical (unpaired) electrons. The molecule has 1 aliphatic carbocycles. The zero-order valence-electron chi connectivity index (χ0n) is 12.3. The molecule has 21 heavy (non-hydrogen) atoms. The van der Waals surface area contributed by atoms with E-state index in [1.54, 1.807) is 0 Å². The number of nitrogens with one attached hydrogen (secondary N) is 1. The lowest BCUT2D eigenvalue weighted by atomic mass is 9.98. The van der Waals surface area contributed by atoms with Gasteiger partial charge in [-0.15, -0.1) is 12.4 Å². The van der Waals surface area contributed by atoms with Crippen LogP contribution in [0.3, 0.4) is 0 Å². The highest BCUT2D eigenvalue weighted by Gasteiger charge is 2.33. The van der Waals surface area contributed by atoms with E-state index in [4.69, 9.17) is 10.5 Å². The molecular formula is C16H25ClN2O2. The van der Waals surface area contributed by atoms with Crippen molar-refractivity contribution in [3.8, 4) is 0 Å². The van der Waals surface area contributed by atoms with Gasteiger partial charge in [0.25, 0.3) is 0 Å². The van der Waals surface area contributed by atoms with Gasteiger partial charge in [-0.3, -0.25) is 4.79 Å². The zero-order chi connectivity index (χ0) is 14.3. The van der Waals surface area contributed by atoms with Crippen LogP contribution in [0.2, 0.25) is 0 Å². The molecule has 0 heterocycles. The molecule has 0 spiro atoms. The maximum Gasteiger partial charge on any atom is 0.246 e. The van der Waals surface area contributed by atoms with E-state index in [1.807, 2.05) is 18.2 Å². The maximum atomic E-state index is 11.9. The lowest BCUT2D eigenvalue weighted by molar-refractivity contribution is -0.127. The first kappa shape index (κ1) is 18.0. The minimum atomic E-state index is -0.181. The van der Waals surface area contributed by atoms with Crippen molar-refractivity contribution in [1.82, 2.24) is 5.32 Å². The first-order valence-electron chi connectivity index (χ1n) is 7.37. The van der Waals surface area contributed by atoms with Gasteiger partial charge in [0.2, 0.25) is 5.91 Å². The average molecular weight is 313 g/mol. The second-order valence-electron chi connectivity index (χ2n) is 5.53. The highest BCUT2D eigenvalue weighted by molar-refractivity contribution is 5.85. The molecule has 1 aliphatic rings. The summed E-state index contributed by atoms with van der Waals surface area (Å²) in [4.78, 5) is 11.9. The molecule has 2 rings (SSSR count). The third-order valence-electron chi connectivity index (χ3n) is 3.97. The van der Waals surface area contributed by atoms with Gasteiger partial charge in [-0.05, 0) is 24.8 Å². The topological polar surface area (TPSA) is 64.3 Å². The van der Waals surface area contributed by atoms with E-state index in [1.165, 1.54) is 5.56 Å². The van der Waals surface area contributed by atoms with E-state index in [-0.39, 0.29) is 30.5 Å². The molecule has 0 atom stereocenters. The molecule has 1 aromatic rings. The summed E-state index contributed by atoms with van der Waals surface area (Å²) in [5, 5.41) is 3.05. The van der Waals surface area contributed by atoms with E-state index in [0.29, 0.717) is 13.2 Å². The van der Waals surface area contributed by atoms with Crippen LogP contribution in [0.5, 0.6) is 0 Å². The van der Waals surface area contributed by atoms with Crippen molar-refractivity contribution in [2.45, 2.75) is 37.6 Å². The number of hydrogen-bond acceptors (Lipinski definition) is 3. The molecular weight excluding hydrogens is 288 g/mol. The van der Waals surface area contributed by atoms with E-state index in [9.17, 15) is 4.79 Å². The zero-order valence-corrected chi connectivity index (χ0v) is 13.2. The summed E-state index contributed by atoms with van der Waals surface area (Å²) in [6, 6.07) is 10.1. The Morgan fingerprint density at radius 2 is 1.90 bits per heavy atom. The van der Waals surface area contributed by atoms with Crippen LogP contribution in [0.25, 0.3) is 0 Å². The summed E-state index contributed by atoms with van der Waals surface area (Å²) in [6.45, 7) is 1.20. The Kier molecular flexibility index (Phi) is 7.72. The molecule has 0 bridgehead atoms. The van der Waals surface area contributed by atoms with Crippen molar-refractivity contribution in [3.05, 3.63) is 35.9 Å². The number of rotatable bonds is 7. The quantitative estimate of drug-likeness (QED) is 0.757. The van der Waals surface area contributed by atoms with Crippen LogP contribution in [-0.4, -0.2) is 31.2 Å². The van der Waals surface area contributed by atoms with Crippen LogP contribution in [0, 0.1) is 0 Å². The smallest absolute Gasteiger partial charge is 0.246 e. The molecule has 118 valence electrons. The molecule has 1 fully saturated rings. The van der Waals surface area contributed by atoms with Crippen molar-refractivity contribution in [1.29, 1.82) is 0 Å². The highest BCUT2D eigenvalue weighted by atomic mass is 35.5. The minimum Gasteiger partial charge on any atom is -0.371 e. The maximum absolute atomic E-state index is 11.9. The van der Waals surface area contributed by atoms with Crippen molar-refractivity contribution < 1.29 is 9.53 Å². The van der Waals surface area contributed by atoms with Crippen molar-refractivity contribution in [3.63, 3.8) is 0 Å². The SMILES string of the molecule is Cl.NCC1(NC(=O)COCCc2ccccc2)CCCC1. The summed E-state index contributed by atoms with van der Waals surface area (Å²) in [5.41, 5.74) is 6.84. The monoisotopic (exact) mass is 312 g/mol. The number of carbonyl (C=O) groups is 1. The van der Waals surface area contributed by atoms with Crippen molar-refractivity contribution >= 4 is 18.3 Å². The molecule has 1 amide bonds. The van der Waals surface area contributed by atoms with Crippen LogP contribution in [-0.2, 0) is 16.0 Å². The predicted molar refractivity (Wildman–Crippen MR) is 86.6 cm³/mol. The summed E-state index contributed by atoms with van der Waals surface area (Å²) in [7, 11) is 0. The van der Waals surface area contributed by atoms with E-state index >= 15 is 0 Å². The highest BCUT2D eigenvalue weighted by Crippen LogP contribution is 2.28. The number of carbonyl (C=O) groups excluding carboxylic acids is 1. The van der Waals surface area contributed by atoms with Gasteiger partial charge in [0.15, 0.2) is 0 Å². The van der Waals surface area contributed by atoms with Gasteiger partial charge >= 0.3 is 0 Å². The van der Waals surface area contributed by atoms with Gasteiger partial charge in [-0.2, -0.15) is 0 Å². The standard InChI is InChI=1S/C16H24N2O2.ClH/c17-13-16(9-4-5-10-16)18-15(19)12-20-11-8-14-6-2-1-3-7-14;/h1-3,6-7H,4-5,8-13,17H2,(H,18,19);1H. The molecule has 0 saturated heterocycles. The second kappa shape index (κ2) is 9.03. The molecule has 4 nitrogen and oxygen atoms in total. The van der Waals surface area contributed by atoms with Crippen LogP contribution in [0.4, 0.5) is 0 Å². The lowest BCUT2D eigenvalue weighted by Crippen LogP contribution is -2.52. The average Bonchev–Trinajstić information content (AvgIpc) is 2.94. The largest absolute Gasteiger partial charge is 0.371 e. The van der Waals surface area contributed by atoms with Crippen LogP contribution in [0.1, 0.15) is 31.2 Å². The van der Waals surface area contributed by atoms with Gasteiger partial charge in [-0.25, -0.2) is 0 Å². The Bertz CT molecular complexity index is 420. The Hall–Kier alpha value is -1.10. The molecule has 1 saturated carbocycles. The normalized spacial score (nSPS) is 16.2. The van der Waals surface area contributed by atoms with Gasteiger partial charge in [0.1, 0.15) is 6.61 Å². The number of nitrogens with two attached hydrogens (primary N) is 1. The number of halogens is 1. The fourth-order valence-electron chi connectivity index (χ4n) is 2.76. The van der Waals surface area contributed by atoms with E-state index in [2.05, 4.69) is 17.4 Å². The first-order valence-corrected chi connectivity index (χ1v) is 7.37. The Labute approximate surface area is 132 Å². The van der Waals surface area contributed by atoms with E-state index < -0.39 is 0 Å². The van der Waals surface area contributed by atoms with Gasteiger partial charge in [-0.1, -0.05) is 43.2 Å². The molecule has 5 heteroatoms. The summed E-state index contributed by atoms with van der Waals surface area (Å²) >= 11 is 0. The second-order valence-corrected chi connectivity index (χ2v) is 5.53. The molecule has 3 N–H and O–H groups in total. The molecule has 0 unspecified atom stereocenters. The summed E-state index contributed by atoms with van der Waals surface area (Å²) in [5.74, 6) is -0.0505. The summed E-state index contributed by atoms with van der Waals surface area (Å²) < 4.78 is 5.45. The Morgan fingerprint density at radius 3 is 2.52 bits per heavy atom. The first-order chi connectivity index (χ1) is 9.74. The Balaban J connectivity index is 0.00000220. The number of ether oxygens (including phenoxy) is 1. The Morgan fingerprint density at radius 1 is 1.24 bits per heavy atom. The molecule has 1 aromatic carbocycles. The molecule has 0 aliphatic heterocycles. The van der Waals surface area contributed by atoms with Crippen LogP contribution >= 0.6 is 12.4 Å². The van der Waals surface area contributed by atoms with Gasteiger partial charge < -0.3 is 15.8 Å². The van der Waals surface area contributed by atoms with Gasteiger partial charge in [0.05, 0.1) is 12.1 Å². The fraction of sp³-hybridized carbons (Fsp3) is 0.562.